The quantitative estimate of drug-likeness (QED) is 0.767. The molecule has 0 aliphatic carbocycles. The molecule has 0 fully saturated rings. The normalized spacial score (nSPS) is 14.2. The summed E-state index contributed by atoms with van der Waals surface area (Å²) in [5, 5.41) is 27.9. The first-order chi connectivity index (χ1) is 8.72. The third kappa shape index (κ3) is 2.76. The molecule has 18 heavy (non-hydrogen) atoms. The van der Waals surface area contributed by atoms with Crippen molar-refractivity contribution in [1.29, 1.82) is 0 Å². The van der Waals surface area contributed by atoms with Crippen LogP contribution in [0.3, 0.4) is 0 Å². The summed E-state index contributed by atoms with van der Waals surface area (Å²) < 4.78 is 0. The maximum Gasteiger partial charge on any atom is 0.107 e. The second-order valence-electron chi connectivity index (χ2n) is 4.18. The van der Waals surface area contributed by atoms with Crippen molar-refractivity contribution < 1.29 is 15.3 Å². The number of rotatable bonds is 4. The predicted molar refractivity (Wildman–Crippen MR) is 69.9 cm³/mol. The van der Waals surface area contributed by atoms with E-state index in [9.17, 15) is 10.2 Å². The van der Waals surface area contributed by atoms with Crippen molar-refractivity contribution in [2.24, 2.45) is 0 Å². The molecule has 1 unspecified atom stereocenters. The molecule has 94 valence electrons. The highest BCUT2D eigenvalue weighted by Crippen LogP contribution is 2.23. The van der Waals surface area contributed by atoms with Gasteiger partial charge in [-0.05, 0) is 16.7 Å². The molecule has 3 heteroatoms. The van der Waals surface area contributed by atoms with Gasteiger partial charge in [-0.1, -0.05) is 54.6 Å². The molecule has 0 spiro atoms. The molecule has 0 radical (unpaired) electrons. The highest BCUT2D eigenvalue weighted by Gasteiger charge is 2.16. The highest BCUT2D eigenvalue weighted by atomic mass is 16.4. The van der Waals surface area contributed by atoms with Crippen molar-refractivity contribution in [2.75, 3.05) is 6.61 Å². The fourth-order valence-corrected chi connectivity index (χ4v) is 1.83. The van der Waals surface area contributed by atoms with Gasteiger partial charge < -0.3 is 15.3 Å². The Hall–Kier alpha value is -1.68. The van der Waals surface area contributed by atoms with Crippen LogP contribution in [0.4, 0.5) is 0 Å². The Morgan fingerprint density at radius 1 is 0.778 bits per heavy atom. The van der Waals surface area contributed by atoms with Gasteiger partial charge in [0.25, 0.3) is 0 Å². The summed E-state index contributed by atoms with van der Waals surface area (Å²) in [7, 11) is 0. The van der Waals surface area contributed by atoms with E-state index in [4.69, 9.17) is 5.11 Å². The first kappa shape index (κ1) is 12.8. The Balaban J connectivity index is 2.20. The van der Waals surface area contributed by atoms with Crippen molar-refractivity contribution >= 4 is 0 Å². The van der Waals surface area contributed by atoms with Crippen molar-refractivity contribution in [1.82, 2.24) is 0 Å². The molecule has 0 bridgehead atoms. The van der Waals surface area contributed by atoms with Gasteiger partial charge in [-0.3, -0.25) is 0 Å². The van der Waals surface area contributed by atoms with Gasteiger partial charge in [0.2, 0.25) is 0 Å². The molecule has 0 aromatic heterocycles. The van der Waals surface area contributed by atoms with E-state index in [0.29, 0.717) is 5.56 Å². The molecule has 3 nitrogen and oxygen atoms in total. The molecule has 0 saturated heterocycles. The van der Waals surface area contributed by atoms with Gasteiger partial charge in [0.1, 0.15) is 12.2 Å². The van der Waals surface area contributed by atoms with Crippen LogP contribution in [0, 0.1) is 0 Å². The summed E-state index contributed by atoms with van der Waals surface area (Å²) in [6, 6.07) is 17.2. The smallest absolute Gasteiger partial charge is 0.107 e. The number of aliphatic hydroxyl groups is 3. The van der Waals surface area contributed by atoms with Gasteiger partial charge in [-0.15, -0.1) is 0 Å². The number of hydrogen-bond acceptors (Lipinski definition) is 3. The number of benzene rings is 2. The lowest BCUT2D eigenvalue weighted by atomic mass is 10.00. The molecule has 2 aromatic carbocycles. The van der Waals surface area contributed by atoms with Gasteiger partial charge in [0.15, 0.2) is 0 Å². The van der Waals surface area contributed by atoms with Crippen LogP contribution in [0.2, 0.25) is 0 Å². The summed E-state index contributed by atoms with van der Waals surface area (Å²) in [5.74, 6) is 0. The van der Waals surface area contributed by atoms with Crippen molar-refractivity contribution in [3.8, 4) is 11.1 Å². The zero-order valence-corrected chi connectivity index (χ0v) is 9.90. The first-order valence-electron chi connectivity index (χ1n) is 5.84. The molecule has 3 N–H and O–H groups in total. The Morgan fingerprint density at radius 3 is 1.89 bits per heavy atom. The maximum atomic E-state index is 9.74. The van der Waals surface area contributed by atoms with Crippen LogP contribution in [0.15, 0.2) is 54.6 Å². The zero-order chi connectivity index (χ0) is 13.0. The molecule has 0 amide bonds. The average Bonchev–Trinajstić information content (AvgIpc) is 2.47. The van der Waals surface area contributed by atoms with Crippen LogP contribution in [0.1, 0.15) is 11.7 Å². The summed E-state index contributed by atoms with van der Waals surface area (Å²) >= 11 is 0. The van der Waals surface area contributed by atoms with Crippen molar-refractivity contribution in [3.05, 3.63) is 60.2 Å². The lowest BCUT2D eigenvalue weighted by Crippen LogP contribution is -2.21. The molecule has 2 aromatic rings. The Kier molecular flexibility index (Phi) is 4.10. The Bertz CT molecular complexity index is 479. The molecule has 2 atom stereocenters. The maximum absolute atomic E-state index is 9.74. The topological polar surface area (TPSA) is 60.7 Å². The third-order valence-corrected chi connectivity index (χ3v) is 2.91. The van der Waals surface area contributed by atoms with Gasteiger partial charge in [-0.2, -0.15) is 0 Å². The van der Waals surface area contributed by atoms with Crippen LogP contribution < -0.4 is 0 Å². The van der Waals surface area contributed by atoms with Crippen molar-refractivity contribution in [3.63, 3.8) is 0 Å². The molecule has 0 aliphatic heterocycles. The molecular weight excluding hydrogens is 228 g/mol. The highest BCUT2D eigenvalue weighted by molar-refractivity contribution is 5.63. The standard InChI is InChI=1S/C15H16O3/c16-10-14(17)15(18)13-8-6-12(7-9-13)11-4-2-1-3-5-11/h1-9,14-18H,10H2/t14-,15?/m0/s1. The average molecular weight is 244 g/mol. The minimum absolute atomic E-state index is 0.457. The van der Waals surface area contributed by atoms with Crippen LogP contribution >= 0.6 is 0 Å². The number of aliphatic hydroxyl groups excluding tert-OH is 3. The van der Waals surface area contributed by atoms with Crippen LogP contribution in [0.5, 0.6) is 0 Å². The van der Waals surface area contributed by atoms with Crippen LogP contribution in [-0.2, 0) is 0 Å². The Morgan fingerprint density at radius 2 is 1.33 bits per heavy atom. The van der Waals surface area contributed by atoms with E-state index in [-0.39, 0.29) is 0 Å². The fraction of sp³-hybridized carbons (Fsp3) is 0.200. The minimum atomic E-state index is -1.15. The largest absolute Gasteiger partial charge is 0.394 e. The van der Waals surface area contributed by atoms with Crippen molar-refractivity contribution in [2.45, 2.75) is 12.2 Å². The summed E-state index contributed by atoms with van der Waals surface area (Å²) in [6.45, 7) is -0.457. The van der Waals surface area contributed by atoms with Crippen LogP contribution in [-0.4, -0.2) is 28.0 Å². The zero-order valence-electron chi connectivity index (χ0n) is 9.90. The SMILES string of the molecule is OC[C@H](O)C(O)c1ccc(-c2ccccc2)cc1. The minimum Gasteiger partial charge on any atom is -0.394 e. The lowest BCUT2D eigenvalue weighted by molar-refractivity contribution is -0.0152. The summed E-state index contributed by atoms with van der Waals surface area (Å²) in [4.78, 5) is 0. The monoisotopic (exact) mass is 244 g/mol. The van der Waals surface area contributed by atoms with Gasteiger partial charge in [0.05, 0.1) is 6.61 Å². The molecule has 2 rings (SSSR count). The second kappa shape index (κ2) is 5.78. The van der Waals surface area contributed by atoms with E-state index in [2.05, 4.69) is 0 Å². The van der Waals surface area contributed by atoms with E-state index in [1.807, 2.05) is 42.5 Å². The van der Waals surface area contributed by atoms with Gasteiger partial charge >= 0.3 is 0 Å². The molecular formula is C15H16O3. The molecule has 0 heterocycles. The lowest BCUT2D eigenvalue weighted by Gasteiger charge is -2.16. The van der Waals surface area contributed by atoms with E-state index < -0.39 is 18.8 Å². The van der Waals surface area contributed by atoms with E-state index in [1.165, 1.54) is 0 Å². The predicted octanol–water partition coefficient (Wildman–Crippen LogP) is 1.74. The third-order valence-electron chi connectivity index (χ3n) is 2.91. The molecule has 0 aliphatic rings. The van der Waals surface area contributed by atoms with Gasteiger partial charge in [0, 0.05) is 0 Å². The van der Waals surface area contributed by atoms with E-state index >= 15 is 0 Å². The van der Waals surface area contributed by atoms with E-state index in [0.717, 1.165) is 11.1 Å². The number of hydrogen-bond donors (Lipinski definition) is 3. The van der Waals surface area contributed by atoms with Crippen LogP contribution in [0.25, 0.3) is 11.1 Å². The van der Waals surface area contributed by atoms with Gasteiger partial charge in [-0.25, -0.2) is 0 Å². The summed E-state index contributed by atoms with van der Waals surface area (Å²) in [5.41, 5.74) is 2.74. The second-order valence-corrected chi connectivity index (χ2v) is 4.18. The first-order valence-corrected chi connectivity index (χ1v) is 5.84. The Labute approximate surface area is 106 Å². The summed E-state index contributed by atoms with van der Waals surface area (Å²) in [6.07, 6.45) is -2.20. The molecule has 0 saturated carbocycles. The van der Waals surface area contributed by atoms with E-state index in [1.54, 1.807) is 12.1 Å². The fourth-order valence-electron chi connectivity index (χ4n) is 1.83.